The van der Waals surface area contributed by atoms with Crippen molar-refractivity contribution in [1.29, 1.82) is 0 Å². The van der Waals surface area contributed by atoms with Gasteiger partial charge >= 0.3 is 0 Å². The Kier molecular flexibility index (Phi) is 8.05. The van der Waals surface area contributed by atoms with E-state index >= 15 is 0 Å². The Labute approximate surface area is 186 Å². The number of methoxy groups -OCH3 is 1. The van der Waals surface area contributed by atoms with Gasteiger partial charge in [-0.3, -0.25) is 4.90 Å². The molecule has 31 heavy (non-hydrogen) atoms. The third-order valence-corrected chi connectivity index (χ3v) is 6.67. The van der Waals surface area contributed by atoms with Crippen LogP contribution in [0.5, 0.6) is 17.4 Å². The van der Waals surface area contributed by atoms with Crippen molar-refractivity contribution < 1.29 is 14.2 Å². The summed E-state index contributed by atoms with van der Waals surface area (Å²) in [4.78, 5) is 6.80. The standard InChI is InChI=1S/C26H36N2O3/c1-29-26-23(10-7-15-27-26)18-28-16-13-22(14-17-28)20-31-25-12-6-5-11-24(25)30-19-21-8-3-2-4-9-21/h5-7,10-12,15,21-22H,2-4,8-9,13-14,16-20H2,1H3. The number of hydrogen-bond acceptors (Lipinski definition) is 5. The SMILES string of the molecule is COc1ncccc1CN1CCC(COc2ccccc2OCC2CCCCC2)CC1. The number of ether oxygens (including phenoxy) is 3. The van der Waals surface area contributed by atoms with Gasteiger partial charge in [-0.05, 0) is 68.8 Å². The van der Waals surface area contributed by atoms with E-state index in [1.165, 1.54) is 32.1 Å². The molecule has 5 nitrogen and oxygen atoms in total. The number of benzene rings is 1. The summed E-state index contributed by atoms with van der Waals surface area (Å²) in [6.45, 7) is 4.62. The van der Waals surface area contributed by atoms with E-state index < -0.39 is 0 Å². The Morgan fingerprint density at radius 1 is 0.839 bits per heavy atom. The molecule has 4 rings (SSSR count). The fraction of sp³-hybridized carbons (Fsp3) is 0.577. The molecule has 1 aliphatic carbocycles. The molecule has 0 amide bonds. The lowest BCUT2D eigenvalue weighted by Crippen LogP contribution is -2.35. The van der Waals surface area contributed by atoms with Crippen molar-refractivity contribution >= 4 is 0 Å². The van der Waals surface area contributed by atoms with Crippen LogP contribution in [-0.2, 0) is 6.54 Å². The smallest absolute Gasteiger partial charge is 0.217 e. The van der Waals surface area contributed by atoms with Crippen LogP contribution in [0.25, 0.3) is 0 Å². The highest BCUT2D eigenvalue weighted by Gasteiger charge is 2.22. The zero-order valence-corrected chi connectivity index (χ0v) is 18.8. The summed E-state index contributed by atoms with van der Waals surface area (Å²) in [5, 5.41) is 0. The second kappa shape index (κ2) is 11.4. The van der Waals surface area contributed by atoms with Gasteiger partial charge in [0.05, 0.1) is 20.3 Å². The second-order valence-corrected chi connectivity index (χ2v) is 8.96. The molecule has 2 heterocycles. The maximum Gasteiger partial charge on any atom is 0.217 e. The van der Waals surface area contributed by atoms with Crippen molar-refractivity contribution in [1.82, 2.24) is 9.88 Å². The van der Waals surface area contributed by atoms with Gasteiger partial charge in [0.2, 0.25) is 5.88 Å². The van der Waals surface area contributed by atoms with E-state index in [0.29, 0.717) is 11.8 Å². The minimum absolute atomic E-state index is 0.582. The first-order chi connectivity index (χ1) is 15.3. The molecule has 5 heteroatoms. The average Bonchev–Trinajstić information content (AvgIpc) is 2.84. The normalized spacial score (nSPS) is 18.6. The van der Waals surface area contributed by atoms with Crippen LogP contribution in [-0.4, -0.2) is 43.3 Å². The largest absolute Gasteiger partial charge is 0.489 e. The maximum absolute atomic E-state index is 6.23. The van der Waals surface area contributed by atoms with Crippen LogP contribution in [0.2, 0.25) is 0 Å². The lowest BCUT2D eigenvalue weighted by Gasteiger charge is -2.32. The molecule has 0 unspecified atom stereocenters. The van der Waals surface area contributed by atoms with E-state index in [0.717, 1.165) is 68.6 Å². The van der Waals surface area contributed by atoms with Gasteiger partial charge in [0.15, 0.2) is 11.5 Å². The number of rotatable bonds is 9. The van der Waals surface area contributed by atoms with Crippen LogP contribution in [0, 0.1) is 11.8 Å². The third-order valence-electron chi connectivity index (χ3n) is 6.67. The summed E-state index contributed by atoms with van der Waals surface area (Å²) >= 11 is 0. The fourth-order valence-corrected chi connectivity index (χ4v) is 4.74. The first-order valence-corrected chi connectivity index (χ1v) is 11.9. The number of piperidine rings is 1. The van der Waals surface area contributed by atoms with Crippen molar-refractivity contribution in [3.8, 4) is 17.4 Å². The summed E-state index contributed by atoms with van der Waals surface area (Å²) in [5.74, 6) is 3.80. The highest BCUT2D eigenvalue weighted by atomic mass is 16.5. The van der Waals surface area contributed by atoms with Crippen molar-refractivity contribution in [2.45, 2.75) is 51.5 Å². The fourth-order valence-electron chi connectivity index (χ4n) is 4.74. The van der Waals surface area contributed by atoms with E-state index in [1.807, 2.05) is 30.3 Å². The monoisotopic (exact) mass is 424 g/mol. The van der Waals surface area contributed by atoms with Crippen LogP contribution >= 0.6 is 0 Å². The molecule has 0 spiro atoms. The summed E-state index contributed by atoms with van der Waals surface area (Å²) < 4.78 is 17.8. The minimum atomic E-state index is 0.582. The molecule has 0 atom stereocenters. The maximum atomic E-state index is 6.23. The Bertz CT molecular complexity index is 799. The third kappa shape index (κ3) is 6.36. The van der Waals surface area contributed by atoms with Gasteiger partial charge in [0, 0.05) is 18.3 Å². The number of pyridine rings is 1. The Morgan fingerprint density at radius 2 is 1.48 bits per heavy atom. The Balaban J connectivity index is 1.22. The minimum Gasteiger partial charge on any atom is -0.489 e. The predicted octanol–water partition coefficient (Wildman–Crippen LogP) is 5.34. The second-order valence-electron chi connectivity index (χ2n) is 8.96. The lowest BCUT2D eigenvalue weighted by atomic mass is 9.90. The number of nitrogens with zero attached hydrogens (tertiary/aromatic N) is 2. The van der Waals surface area contributed by atoms with Crippen molar-refractivity contribution in [3.63, 3.8) is 0 Å². The quantitative estimate of drug-likeness (QED) is 0.544. The van der Waals surface area contributed by atoms with Crippen molar-refractivity contribution in [2.75, 3.05) is 33.4 Å². The molecular formula is C26H36N2O3. The average molecular weight is 425 g/mol. The van der Waals surface area contributed by atoms with E-state index in [9.17, 15) is 0 Å². The summed E-state index contributed by atoms with van der Waals surface area (Å²) in [6.07, 6.45) is 10.7. The zero-order valence-electron chi connectivity index (χ0n) is 18.8. The molecule has 168 valence electrons. The van der Waals surface area contributed by atoms with E-state index in [1.54, 1.807) is 13.3 Å². The summed E-state index contributed by atoms with van der Waals surface area (Å²) in [7, 11) is 1.69. The summed E-state index contributed by atoms with van der Waals surface area (Å²) in [6, 6.07) is 12.2. The van der Waals surface area contributed by atoms with Gasteiger partial charge in [0.1, 0.15) is 0 Å². The summed E-state index contributed by atoms with van der Waals surface area (Å²) in [5.41, 5.74) is 1.16. The van der Waals surface area contributed by atoms with Crippen molar-refractivity contribution in [3.05, 3.63) is 48.2 Å². The highest BCUT2D eigenvalue weighted by molar-refractivity contribution is 5.39. The van der Waals surface area contributed by atoms with Gasteiger partial charge in [-0.25, -0.2) is 4.98 Å². The number of hydrogen-bond donors (Lipinski definition) is 0. The van der Waals surface area contributed by atoms with Crippen LogP contribution in [0.15, 0.2) is 42.6 Å². The van der Waals surface area contributed by atoms with Gasteiger partial charge < -0.3 is 14.2 Å². The first-order valence-electron chi connectivity index (χ1n) is 11.9. The Morgan fingerprint density at radius 3 is 2.13 bits per heavy atom. The van der Waals surface area contributed by atoms with Crippen LogP contribution in [0.1, 0.15) is 50.5 Å². The molecule has 1 aromatic carbocycles. The number of aromatic nitrogens is 1. The number of para-hydroxylation sites is 2. The highest BCUT2D eigenvalue weighted by Crippen LogP contribution is 2.31. The predicted molar refractivity (Wildman–Crippen MR) is 123 cm³/mol. The molecular weight excluding hydrogens is 388 g/mol. The first kappa shape index (κ1) is 21.9. The molecule has 2 fully saturated rings. The molecule has 2 aromatic rings. The molecule has 1 aliphatic heterocycles. The molecule has 0 radical (unpaired) electrons. The van der Waals surface area contributed by atoms with Gasteiger partial charge in [-0.1, -0.05) is 37.5 Å². The van der Waals surface area contributed by atoms with Crippen molar-refractivity contribution in [2.24, 2.45) is 11.8 Å². The van der Waals surface area contributed by atoms with E-state index in [-0.39, 0.29) is 0 Å². The molecule has 0 bridgehead atoms. The van der Waals surface area contributed by atoms with Gasteiger partial charge in [0.25, 0.3) is 0 Å². The molecule has 1 saturated carbocycles. The van der Waals surface area contributed by atoms with Crippen LogP contribution in [0.3, 0.4) is 0 Å². The zero-order chi connectivity index (χ0) is 21.3. The molecule has 0 N–H and O–H groups in total. The molecule has 1 aromatic heterocycles. The molecule has 1 saturated heterocycles. The Hall–Kier alpha value is -2.27. The number of likely N-dealkylation sites (tertiary alicyclic amines) is 1. The van der Waals surface area contributed by atoms with Crippen LogP contribution in [0.4, 0.5) is 0 Å². The lowest BCUT2D eigenvalue weighted by molar-refractivity contribution is 0.131. The van der Waals surface area contributed by atoms with E-state index in [2.05, 4.69) is 16.0 Å². The van der Waals surface area contributed by atoms with E-state index in [4.69, 9.17) is 14.2 Å². The van der Waals surface area contributed by atoms with Gasteiger partial charge in [-0.15, -0.1) is 0 Å². The van der Waals surface area contributed by atoms with Gasteiger partial charge in [-0.2, -0.15) is 0 Å². The topological polar surface area (TPSA) is 43.8 Å². The van der Waals surface area contributed by atoms with Crippen LogP contribution < -0.4 is 14.2 Å². The molecule has 2 aliphatic rings.